The Kier molecular flexibility index (Phi) is 3.65. The summed E-state index contributed by atoms with van der Waals surface area (Å²) >= 11 is 0. The smallest absolute Gasteiger partial charge is 0.0507 e. The maximum atomic E-state index is 6.14. The minimum Gasteiger partial charge on any atom is -0.381 e. The van der Waals surface area contributed by atoms with E-state index in [0.29, 0.717) is 11.5 Å². The summed E-state index contributed by atoms with van der Waals surface area (Å²) < 4.78 is 5.36. The van der Waals surface area contributed by atoms with E-state index >= 15 is 0 Å². The number of nitrogens with two attached hydrogens (primary N) is 1. The van der Waals surface area contributed by atoms with E-state index in [4.69, 9.17) is 10.5 Å². The summed E-state index contributed by atoms with van der Waals surface area (Å²) in [6, 6.07) is 0.393. The molecule has 1 aliphatic carbocycles. The first kappa shape index (κ1) is 11.4. The lowest BCUT2D eigenvalue weighted by atomic mass is 9.85. The molecule has 15 heavy (non-hydrogen) atoms. The molecular weight excluding hydrogens is 188 g/mol. The Bertz CT molecular complexity index is 204. The van der Waals surface area contributed by atoms with Crippen LogP contribution >= 0.6 is 0 Å². The second kappa shape index (κ2) is 4.81. The van der Waals surface area contributed by atoms with Crippen LogP contribution < -0.4 is 11.1 Å². The van der Waals surface area contributed by atoms with Crippen LogP contribution in [0.5, 0.6) is 0 Å². The third kappa shape index (κ3) is 2.71. The molecule has 3 atom stereocenters. The summed E-state index contributed by atoms with van der Waals surface area (Å²) in [4.78, 5) is 0. The van der Waals surface area contributed by atoms with Crippen LogP contribution in [0.2, 0.25) is 0 Å². The third-order valence-electron chi connectivity index (χ3n) is 4.14. The van der Waals surface area contributed by atoms with E-state index in [2.05, 4.69) is 12.2 Å². The van der Waals surface area contributed by atoms with Gasteiger partial charge in [-0.3, -0.25) is 0 Å². The molecule has 3 nitrogen and oxygen atoms in total. The number of ether oxygens (including phenoxy) is 1. The van der Waals surface area contributed by atoms with Crippen molar-refractivity contribution in [2.45, 2.75) is 38.6 Å². The highest BCUT2D eigenvalue weighted by Gasteiger charge is 2.35. The maximum Gasteiger partial charge on any atom is 0.0507 e. The predicted octanol–water partition coefficient (Wildman–Crippen LogP) is 1.13. The lowest BCUT2D eigenvalue weighted by Gasteiger charge is -2.29. The molecule has 0 aromatic heterocycles. The Morgan fingerprint density at radius 2 is 2.33 bits per heavy atom. The highest BCUT2D eigenvalue weighted by molar-refractivity contribution is 4.92. The molecule has 0 bridgehead atoms. The third-order valence-corrected chi connectivity index (χ3v) is 4.14. The van der Waals surface area contributed by atoms with Gasteiger partial charge in [0.1, 0.15) is 0 Å². The molecular formula is C12H24N2O. The Balaban J connectivity index is 1.68. The largest absolute Gasteiger partial charge is 0.381 e. The van der Waals surface area contributed by atoms with Crippen molar-refractivity contribution in [1.29, 1.82) is 0 Å². The molecule has 0 radical (unpaired) electrons. The molecule has 3 unspecified atom stereocenters. The number of nitrogens with one attached hydrogen (secondary N) is 1. The van der Waals surface area contributed by atoms with Gasteiger partial charge < -0.3 is 15.8 Å². The van der Waals surface area contributed by atoms with Crippen LogP contribution in [0.25, 0.3) is 0 Å². The first-order valence-corrected chi connectivity index (χ1v) is 6.25. The van der Waals surface area contributed by atoms with E-state index < -0.39 is 0 Å². The van der Waals surface area contributed by atoms with Gasteiger partial charge in [-0.25, -0.2) is 0 Å². The average Bonchev–Trinajstić information content (AvgIpc) is 2.79. The molecule has 2 aliphatic rings. The molecule has 0 aromatic rings. The molecule has 2 rings (SSSR count). The molecule has 0 amide bonds. The van der Waals surface area contributed by atoms with Crippen molar-refractivity contribution in [3.8, 4) is 0 Å². The van der Waals surface area contributed by atoms with Gasteiger partial charge in [0.25, 0.3) is 0 Å². The predicted molar refractivity (Wildman–Crippen MR) is 61.7 cm³/mol. The van der Waals surface area contributed by atoms with Gasteiger partial charge >= 0.3 is 0 Å². The molecule has 88 valence electrons. The SMILES string of the molecule is CC1(CNCC2CCOC2)CCCC1N. The maximum absolute atomic E-state index is 6.14. The summed E-state index contributed by atoms with van der Waals surface area (Å²) in [6.07, 6.45) is 4.99. The summed E-state index contributed by atoms with van der Waals surface area (Å²) in [6.45, 7) is 6.38. The molecule has 1 aliphatic heterocycles. The zero-order valence-electron chi connectivity index (χ0n) is 9.80. The number of hydrogen-bond donors (Lipinski definition) is 2. The Labute approximate surface area is 92.7 Å². The van der Waals surface area contributed by atoms with Gasteiger partial charge in [0.2, 0.25) is 0 Å². The van der Waals surface area contributed by atoms with E-state index in [9.17, 15) is 0 Å². The lowest BCUT2D eigenvalue weighted by Crippen LogP contribution is -2.43. The summed E-state index contributed by atoms with van der Waals surface area (Å²) in [5.41, 5.74) is 6.48. The van der Waals surface area contributed by atoms with Crippen molar-refractivity contribution in [2.75, 3.05) is 26.3 Å². The van der Waals surface area contributed by atoms with Crippen molar-refractivity contribution in [3.63, 3.8) is 0 Å². The van der Waals surface area contributed by atoms with Crippen molar-refractivity contribution in [1.82, 2.24) is 5.32 Å². The summed E-state index contributed by atoms with van der Waals surface area (Å²) in [7, 11) is 0. The highest BCUT2D eigenvalue weighted by Crippen LogP contribution is 2.35. The van der Waals surface area contributed by atoms with Crippen molar-refractivity contribution in [2.24, 2.45) is 17.1 Å². The number of rotatable bonds is 4. The zero-order chi connectivity index (χ0) is 10.7. The Morgan fingerprint density at radius 3 is 2.93 bits per heavy atom. The second-order valence-electron chi connectivity index (χ2n) is 5.51. The lowest BCUT2D eigenvalue weighted by molar-refractivity contribution is 0.183. The second-order valence-corrected chi connectivity index (χ2v) is 5.51. The quantitative estimate of drug-likeness (QED) is 0.734. The first-order chi connectivity index (χ1) is 7.21. The van der Waals surface area contributed by atoms with Crippen LogP contribution in [0.1, 0.15) is 32.6 Å². The van der Waals surface area contributed by atoms with E-state index in [1.807, 2.05) is 0 Å². The van der Waals surface area contributed by atoms with Gasteiger partial charge in [-0.15, -0.1) is 0 Å². The summed E-state index contributed by atoms with van der Waals surface area (Å²) in [5.74, 6) is 0.728. The van der Waals surface area contributed by atoms with E-state index in [-0.39, 0.29) is 0 Å². The van der Waals surface area contributed by atoms with Crippen LogP contribution in [0.15, 0.2) is 0 Å². The first-order valence-electron chi connectivity index (χ1n) is 6.25. The van der Waals surface area contributed by atoms with Crippen LogP contribution in [0, 0.1) is 11.3 Å². The molecule has 1 saturated heterocycles. The van der Waals surface area contributed by atoms with Crippen LogP contribution in [0.3, 0.4) is 0 Å². The minimum absolute atomic E-state index is 0.333. The van der Waals surface area contributed by atoms with Crippen LogP contribution in [-0.4, -0.2) is 32.3 Å². The van der Waals surface area contributed by atoms with Crippen LogP contribution in [-0.2, 0) is 4.74 Å². The Morgan fingerprint density at radius 1 is 1.47 bits per heavy atom. The average molecular weight is 212 g/mol. The molecule has 2 fully saturated rings. The minimum atomic E-state index is 0.333. The summed E-state index contributed by atoms with van der Waals surface area (Å²) in [5, 5.41) is 3.58. The van der Waals surface area contributed by atoms with Crippen molar-refractivity contribution in [3.05, 3.63) is 0 Å². The fourth-order valence-electron chi connectivity index (χ4n) is 2.79. The van der Waals surface area contributed by atoms with Gasteiger partial charge in [0.15, 0.2) is 0 Å². The van der Waals surface area contributed by atoms with Gasteiger partial charge in [0.05, 0.1) is 6.61 Å². The molecule has 3 N–H and O–H groups in total. The zero-order valence-corrected chi connectivity index (χ0v) is 9.80. The fraction of sp³-hybridized carbons (Fsp3) is 1.00. The normalized spacial score (nSPS) is 41.2. The fourth-order valence-corrected chi connectivity index (χ4v) is 2.79. The molecule has 1 saturated carbocycles. The van der Waals surface area contributed by atoms with Gasteiger partial charge in [-0.1, -0.05) is 13.3 Å². The van der Waals surface area contributed by atoms with E-state index in [0.717, 1.165) is 32.2 Å². The van der Waals surface area contributed by atoms with Crippen LogP contribution in [0.4, 0.5) is 0 Å². The van der Waals surface area contributed by atoms with Crippen molar-refractivity contribution >= 4 is 0 Å². The molecule has 0 aromatic carbocycles. The topological polar surface area (TPSA) is 47.3 Å². The highest BCUT2D eigenvalue weighted by atomic mass is 16.5. The molecule has 3 heteroatoms. The van der Waals surface area contributed by atoms with Gasteiger partial charge in [-0.05, 0) is 30.6 Å². The van der Waals surface area contributed by atoms with E-state index in [1.165, 1.54) is 25.7 Å². The van der Waals surface area contributed by atoms with Gasteiger partial charge in [-0.2, -0.15) is 0 Å². The number of hydrogen-bond acceptors (Lipinski definition) is 3. The standard InChI is InChI=1S/C12H24N2O/c1-12(5-2-3-11(12)13)9-14-7-10-4-6-15-8-10/h10-11,14H,2-9,13H2,1H3. The monoisotopic (exact) mass is 212 g/mol. The Hall–Kier alpha value is -0.120. The van der Waals surface area contributed by atoms with Gasteiger partial charge in [0, 0.05) is 25.7 Å². The van der Waals surface area contributed by atoms with E-state index in [1.54, 1.807) is 0 Å². The molecule has 1 heterocycles. The molecule has 0 spiro atoms. The van der Waals surface area contributed by atoms with Crippen molar-refractivity contribution < 1.29 is 4.74 Å².